The van der Waals surface area contributed by atoms with Crippen LogP contribution in [0.4, 0.5) is 0 Å². The fourth-order valence-corrected chi connectivity index (χ4v) is 1.94. The van der Waals surface area contributed by atoms with Crippen molar-refractivity contribution in [2.24, 2.45) is 5.73 Å². The molecule has 0 heterocycles. The highest BCUT2D eigenvalue weighted by Gasteiger charge is 2.05. The van der Waals surface area contributed by atoms with Gasteiger partial charge in [0, 0.05) is 6.04 Å². The minimum Gasteiger partial charge on any atom is -0.493 e. The summed E-state index contributed by atoms with van der Waals surface area (Å²) in [5.41, 5.74) is 6.98. The molecule has 0 spiro atoms. The Kier molecular flexibility index (Phi) is 4.42. The van der Waals surface area contributed by atoms with Crippen molar-refractivity contribution in [1.82, 2.24) is 0 Å². The Morgan fingerprint density at radius 3 is 2.47 bits per heavy atom. The molecule has 1 atom stereocenters. The van der Waals surface area contributed by atoms with Crippen LogP contribution in [0.5, 0.6) is 17.2 Å². The van der Waals surface area contributed by atoms with Crippen molar-refractivity contribution in [2.45, 2.75) is 19.4 Å². The van der Waals surface area contributed by atoms with E-state index in [0.29, 0.717) is 5.75 Å². The van der Waals surface area contributed by atoms with Crippen LogP contribution in [0.1, 0.15) is 12.5 Å². The lowest BCUT2D eigenvalue weighted by Crippen LogP contribution is -2.17. The number of benzene rings is 2. The van der Waals surface area contributed by atoms with Crippen molar-refractivity contribution in [3.05, 3.63) is 54.1 Å². The van der Waals surface area contributed by atoms with Crippen molar-refractivity contribution >= 4 is 0 Å². The lowest BCUT2D eigenvalue weighted by atomic mass is 10.1. The molecule has 0 saturated carbocycles. The third kappa shape index (κ3) is 3.73. The zero-order valence-corrected chi connectivity index (χ0v) is 11.3. The summed E-state index contributed by atoms with van der Waals surface area (Å²) in [4.78, 5) is 0. The number of nitrogens with two attached hydrogens (primary N) is 1. The molecule has 2 aromatic carbocycles. The SMILES string of the molecule is COc1ccccc1Oc1cccc(CC(C)N)c1. The molecule has 3 heteroatoms. The minimum absolute atomic E-state index is 0.140. The normalized spacial score (nSPS) is 11.9. The van der Waals surface area contributed by atoms with Gasteiger partial charge in [-0.25, -0.2) is 0 Å². The van der Waals surface area contributed by atoms with Crippen LogP contribution >= 0.6 is 0 Å². The Balaban J connectivity index is 2.18. The second kappa shape index (κ2) is 6.25. The molecule has 2 rings (SSSR count). The molecular formula is C16H19NO2. The average molecular weight is 257 g/mol. The van der Waals surface area contributed by atoms with E-state index in [4.69, 9.17) is 15.2 Å². The van der Waals surface area contributed by atoms with Gasteiger partial charge in [-0.2, -0.15) is 0 Å². The second-order valence-corrected chi connectivity index (χ2v) is 4.58. The zero-order valence-electron chi connectivity index (χ0n) is 11.3. The molecule has 0 aliphatic rings. The first-order valence-corrected chi connectivity index (χ1v) is 6.34. The quantitative estimate of drug-likeness (QED) is 0.893. The van der Waals surface area contributed by atoms with Crippen molar-refractivity contribution in [1.29, 1.82) is 0 Å². The van der Waals surface area contributed by atoms with Crippen molar-refractivity contribution < 1.29 is 9.47 Å². The van der Waals surface area contributed by atoms with E-state index in [1.807, 2.05) is 49.4 Å². The maximum atomic E-state index is 5.86. The predicted molar refractivity (Wildman–Crippen MR) is 76.9 cm³/mol. The molecule has 1 unspecified atom stereocenters. The molecule has 100 valence electrons. The lowest BCUT2D eigenvalue weighted by Gasteiger charge is -2.11. The predicted octanol–water partition coefficient (Wildman–Crippen LogP) is 3.38. The van der Waals surface area contributed by atoms with Crippen LogP contribution in [0, 0.1) is 0 Å². The Bertz CT molecular complexity index is 538. The zero-order chi connectivity index (χ0) is 13.7. The summed E-state index contributed by atoms with van der Waals surface area (Å²) in [6, 6.07) is 15.7. The Morgan fingerprint density at radius 2 is 1.79 bits per heavy atom. The van der Waals surface area contributed by atoms with E-state index in [1.54, 1.807) is 7.11 Å². The topological polar surface area (TPSA) is 44.5 Å². The third-order valence-electron chi connectivity index (χ3n) is 2.75. The van der Waals surface area contributed by atoms with Gasteiger partial charge in [0.15, 0.2) is 11.5 Å². The first-order valence-electron chi connectivity index (χ1n) is 6.34. The van der Waals surface area contributed by atoms with Crippen molar-refractivity contribution in [2.75, 3.05) is 7.11 Å². The molecule has 0 amide bonds. The van der Waals surface area contributed by atoms with Gasteiger partial charge < -0.3 is 15.2 Å². The summed E-state index contributed by atoms with van der Waals surface area (Å²) < 4.78 is 11.1. The van der Waals surface area contributed by atoms with Gasteiger partial charge in [0.05, 0.1) is 7.11 Å². The van der Waals surface area contributed by atoms with Crippen LogP contribution in [0.2, 0.25) is 0 Å². The number of methoxy groups -OCH3 is 1. The maximum absolute atomic E-state index is 5.86. The van der Waals surface area contributed by atoms with E-state index >= 15 is 0 Å². The van der Waals surface area contributed by atoms with Gasteiger partial charge in [-0.15, -0.1) is 0 Å². The molecule has 0 aliphatic carbocycles. The third-order valence-corrected chi connectivity index (χ3v) is 2.75. The van der Waals surface area contributed by atoms with Crippen LogP contribution in [0.25, 0.3) is 0 Å². The van der Waals surface area contributed by atoms with Crippen LogP contribution in [0.15, 0.2) is 48.5 Å². The summed E-state index contributed by atoms with van der Waals surface area (Å²) in [6.07, 6.45) is 0.836. The highest BCUT2D eigenvalue weighted by Crippen LogP contribution is 2.31. The highest BCUT2D eigenvalue weighted by molar-refractivity contribution is 5.43. The Morgan fingerprint density at radius 1 is 1.05 bits per heavy atom. The molecule has 0 bridgehead atoms. The fourth-order valence-electron chi connectivity index (χ4n) is 1.94. The smallest absolute Gasteiger partial charge is 0.169 e. The number of ether oxygens (including phenoxy) is 2. The molecule has 19 heavy (non-hydrogen) atoms. The van der Waals surface area contributed by atoms with Crippen LogP contribution < -0.4 is 15.2 Å². The largest absolute Gasteiger partial charge is 0.493 e. The molecule has 0 radical (unpaired) electrons. The molecule has 0 aromatic heterocycles. The minimum atomic E-state index is 0.140. The van der Waals surface area contributed by atoms with Gasteiger partial charge in [0.25, 0.3) is 0 Å². The highest BCUT2D eigenvalue weighted by atomic mass is 16.5. The van der Waals surface area contributed by atoms with Gasteiger partial charge in [-0.05, 0) is 43.2 Å². The second-order valence-electron chi connectivity index (χ2n) is 4.58. The monoisotopic (exact) mass is 257 g/mol. The molecule has 0 saturated heterocycles. The Hall–Kier alpha value is -2.00. The van der Waals surface area contributed by atoms with Crippen molar-refractivity contribution in [3.63, 3.8) is 0 Å². The Labute approximate surface area is 114 Å². The van der Waals surface area contributed by atoms with Crippen LogP contribution in [-0.4, -0.2) is 13.2 Å². The summed E-state index contributed by atoms with van der Waals surface area (Å²) >= 11 is 0. The summed E-state index contributed by atoms with van der Waals surface area (Å²) in [5.74, 6) is 2.23. The van der Waals surface area contributed by atoms with Crippen LogP contribution in [0.3, 0.4) is 0 Å². The van der Waals surface area contributed by atoms with E-state index < -0.39 is 0 Å². The molecule has 3 nitrogen and oxygen atoms in total. The van der Waals surface area contributed by atoms with Crippen molar-refractivity contribution in [3.8, 4) is 17.2 Å². The fraction of sp³-hybridized carbons (Fsp3) is 0.250. The van der Waals surface area contributed by atoms with E-state index in [2.05, 4.69) is 6.07 Å². The van der Waals surface area contributed by atoms with E-state index in [1.165, 1.54) is 5.56 Å². The maximum Gasteiger partial charge on any atom is 0.169 e. The molecular weight excluding hydrogens is 238 g/mol. The van der Waals surface area contributed by atoms with E-state index in [-0.39, 0.29) is 6.04 Å². The van der Waals surface area contributed by atoms with Crippen LogP contribution in [-0.2, 0) is 6.42 Å². The standard InChI is InChI=1S/C16H19NO2/c1-12(17)10-13-6-5-7-14(11-13)19-16-9-4-3-8-15(16)18-2/h3-9,11-12H,10,17H2,1-2H3. The summed E-state index contributed by atoms with van der Waals surface area (Å²) in [7, 11) is 1.63. The average Bonchev–Trinajstić information content (AvgIpc) is 2.39. The number of hydrogen-bond acceptors (Lipinski definition) is 3. The van der Waals surface area contributed by atoms with Gasteiger partial charge in [0.1, 0.15) is 5.75 Å². The van der Waals surface area contributed by atoms with Gasteiger partial charge in [-0.1, -0.05) is 24.3 Å². The van der Waals surface area contributed by atoms with E-state index in [0.717, 1.165) is 17.9 Å². The van der Waals surface area contributed by atoms with E-state index in [9.17, 15) is 0 Å². The lowest BCUT2D eigenvalue weighted by molar-refractivity contribution is 0.378. The number of para-hydroxylation sites is 2. The molecule has 0 aliphatic heterocycles. The molecule has 2 aromatic rings. The van der Waals surface area contributed by atoms with Gasteiger partial charge in [-0.3, -0.25) is 0 Å². The number of rotatable bonds is 5. The first-order chi connectivity index (χ1) is 9.19. The number of hydrogen-bond donors (Lipinski definition) is 1. The molecule has 0 fully saturated rings. The summed E-state index contributed by atoms with van der Waals surface area (Å²) in [6.45, 7) is 1.99. The van der Waals surface area contributed by atoms with Gasteiger partial charge in [0.2, 0.25) is 0 Å². The first kappa shape index (κ1) is 13.4. The summed E-state index contributed by atoms with van der Waals surface area (Å²) in [5, 5.41) is 0. The molecule has 2 N–H and O–H groups in total. The van der Waals surface area contributed by atoms with Gasteiger partial charge >= 0.3 is 0 Å².